The summed E-state index contributed by atoms with van der Waals surface area (Å²) in [4.78, 5) is 22.6. The summed E-state index contributed by atoms with van der Waals surface area (Å²) in [7, 11) is 1.88. The topological polar surface area (TPSA) is 107 Å². The van der Waals surface area contributed by atoms with Crippen LogP contribution >= 0.6 is 0 Å². The predicted molar refractivity (Wildman–Crippen MR) is 118 cm³/mol. The zero-order chi connectivity index (χ0) is 24.3. The zero-order valence-electron chi connectivity index (χ0n) is 18.8. The number of aromatic nitrogens is 5. The molecule has 180 valence electrons. The van der Waals surface area contributed by atoms with Crippen molar-refractivity contribution in [3.05, 3.63) is 47.8 Å². The second-order valence-corrected chi connectivity index (χ2v) is 9.09. The summed E-state index contributed by atoms with van der Waals surface area (Å²) in [5, 5.41) is 7.56. The molecule has 1 saturated heterocycles. The molecule has 3 aromatic rings. The Morgan fingerprint density at radius 2 is 2.00 bits per heavy atom. The minimum atomic E-state index is -4.59. The number of urea groups is 1. The zero-order valence-corrected chi connectivity index (χ0v) is 18.8. The van der Waals surface area contributed by atoms with Crippen molar-refractivity contribution < 1.29 is 18.0 Å². The van der Waals surface area contributed by atoms with Gasteiger partial charge in [-0.25, -0.2) is 14.8 Å². The van der Waals surface area contributed by atoms with E-state index >= 15 is 0 Å². The predicted octanol–water partition coefficient (Wildman–Crippen LogP) is 3.10. The average molecular weight is 474 g/mol. The van der Waals surface area contributed by atoms with Crippen molar-refractivity contribution in [3.8, 4) is 11.3 Å². The number of anilines is 1. The van der Waals surface area contributed by atoms with Crippen molar-refractivity contribution in [1.82, 2.24) is 34.5 Å². The van der Waals surface area contributed by atoms with Gasteiger partial charge in [-0.05, 0) is 31.9 Å². The van der Waals surface area contributed by atoms with Crippen LogP contribution in [0.25, 0.3) is 11.3 Å². The number of hydrogen-bond acceptors (Lipinski definition) is 5. The molecule has 0 bridgehead atoms. The van der Waals surface area contributed by atoms with Gasteiger partial charge in [0.2, 0.25) is 0 Å². The van der Waals surface area contributed by atoms with Gasteiger partial charge in [-0.1, -0.05) is 0 Å². The molecule has 2 aliphatic heterocycles. The van der Waals surface area contributed by atoms with Gasteiger partial charge in [-0.2, -0.15) is 18.3 Å². The summed E-state index contributed by atoms with van der Waals surface area (Å²) in [5.74, 6) is -0.558. The Morgan fingerprint density at radius 3 is 2.71 bits per heavy atom. The molecular weight excluding hydrogens is 449 g/mol. The van der Waals surface area contributed by atoms with Crippen LogP contribution < -0.4 is 11.1 Å². The van der Waals surface area contributed by atoms with Gasteiger partial charge in [0.05, 0.1) is 35.5 Å². The molecule has 0 saturated carbocycles. The van der Waals surface area contributed by atoms with Gasteiger partial charge in [0.25, 0.3) is 0 Å². The third-order valence-electron chi connectivity index (χ3n) is 6.92. The molecular formula is C22H25F3N8O. The summed E-state index contributed by atoms with van der Waals surface area (Å²) in [6.07, 6.45) is 1.72. The molecule has 34 heavy (non-hydrogen) atoms. The highest BCUT2D eigenvalue weighted by atomic mass is 19.4. The number of amides is 2. The Bertz CT molecular complexity index is 1250. The standard InChI is InChI=1S/C22H25F3N8O/c1-13(17-10-27-12-31(17)2)29-20(34)32-5-3-21(11-32)4-6-33-18(21)8-16(30-33)14-7-15(22(23,24)25)19(26)28-9-14/h7-10,12-13H,3-6,11H2,1-2H3,(H2,26,28)(H,29,34). The molecule has 12 heteroatoms. The Kier molecular flexibility index (Phi) is 5.06. The number of rotatable bonds is 3. The van der Waals surface area contributed by atoms with E-state index in [0.29, 0.717) is 25.3 Å². The highest BCUT2D eigenvalue weighted by Gasteiger charge is 2.47. The number of halogens is 3. The van der Waals surface area contributed by atoms with E-state index in [4.69, 9.17) is 5.73 Å². The van der Waals surface area contributed by atoms with Crippen molar-refractivity contribution in [2.75, 3.05) is 18.8 Å². The van der Waals surface area contributed by atoms with Crippen LogP contribution in [-0.2, 0) is 25.2 Å². The van der Waals surface area contributed by atoms with E-state index in [1.807, 2.05) is 29.3 Å². The number of carbonyl (C=O) groups is 1. The Hall–Kier alpha value is -3.57. The summed E-state index contributed by atoms with van der Waals surface area (Å²) in [5.41, 5.74) is 6.70. The largest absolute Gasteiger partial charge is 0.419 e. The second kappa shape index (κ2) is 7.74. The molecule has 3 aromatic heterocycles. The quantitative estimate of drug-likeness (QED) is 0.607. The van der Waals surface area contributed by atoms with E-state index in [9.17, 15) is 18.0 Å². The van der Waals surface area contributed by atoms with E-state index in [2.05, 4.69) is 20.4 Å². The van der Waals surface area contributed by atoms with Crippen molar-refractivity contribution in [2.45, 2.75) is 43.9 Å². The molecule has 0 aromatic carbocycles. The summed E-state index contributed by atoms with van der Waals surface area (Å²) in [6.45, 7) is 3.67. The lowest BCUT2D eigenvalue weighted by Gasteiger charge is -2.25. The number of nitrogens with two attached hydrogens (primary N) is 1. The third-order valence-corrected chi connectivity index (χ3v) is 6.92. The molecule has 0 aliphatic carbocycles. The van der Waals surface area contributed by atoms with Gasteiger partial charge in [0, 0.05) is 49.6 Å². The second-order valence-electron chi connectivity index (χ2n) is 9.09. The van der Waals surface area contributed by atoms with E-state index in [-0.39, 0.29) is 23.1 Å². The van der Waals surface area contributed by atoms with Gasteiger partial charge in [0.15, 0.2) is 0 Å². The monoisotopic (exact) mass is 474 g/mol. The molecule has 9 nitrogen and oxygen atoms in total. The van der Waals surface area contributed by atoms with Gasteiger partial charge in [-0.3, -0.25) is 4.68 Å². The fourth-order valence-electron chi connectivity index (χ4n) is 5.04. The fraction of sp³-hybridized carbons (Fsp3) is 0.455. The molecule has 5 rings (SSSR count). The molecule has 1 spiro atoms. The minimum Gasteiger partial charge on any atom is -0.383 e. The number of imidazole rings is 1. The summed E-state index contributed by atoms with van der Waals surface area (Å²) < 4.78 is 43.5. The van der Waals surface area contributed by atoms with Gasteiger partial charge >= 0.3 is 12.2 Å². The summed E-state index contributed by atoms with van der Waals surface area (Å²) in [6, 6.07) is 2.46. The number of likely N-dealkylation sites (tertiary alicyclic amines) is 1. The number of nitrogen functional groups attached to an aromatic ring is 1. The molecule has 0 radical (unpaired) electrons. The first-order valence-electron chi connectivity index (χ1n) is 11.0. The number of carbonyl (C=O) groups excluding carboxylic acids is 1. The number of fused-ring (bicyclic) bond motifs is 2. The van der Waals surface area contributed by atoms with Crippen molar-refractivity contribution >= 4 is 11.8 Å². The molecule has 1 fully saturated rings. The first-order valence-corrected chi connectivity index (χ1v) is 11.0. The Labute approximate surface area is 193 Å². The van der Waals surface area contributed by atoms with Crippen LogP contribution in [0.1, 0.15) is 42.8 Å². The van der Waals surface area contributed by atoms with Gasteiger partial charge in [-0.15, -0.1) is 0 Å². The number of nitrogens with zero attached hydrogens (tertiary/aromatic N) is 6. The van der Waals surface area contributed by atoms with Crippen LogP contribution in [-0.4, -0.2) is 48.3 Å². The lowest BCUT2D eigenvalue weighted by atomic mass is 9.82. The van der Waals surface area contributed by atoms with Gasteiger partial charge < -0.3 is 20.5 Å². The van der Waals surface area contributed by atoms with Crippen LogP contribution in [0, 0.1) is 0 Å². The van der Waals surface area contributed by atoms with Crippen LogP contribution in [0.5, 0.6) is 0 Å². The number of aryl methyl sites for hydroxylation is 2. The number of pyridine rings is 1. The average Bonchev–Trinajstić information content (AvgIpc) is 3.54. The lowest BCUT2D eigenvalue weighted by Crippen LogP contribution is -2.41. The van der Waals surface area contributed by atoms with E-state index in [0.717, 1.165) is 30.3 Å². The molecule has 5 heterocycles. The summed E-state index contributed by atoms with van der Waals surface area (Å²) >= 11 is 0. The SMILES string of the molecule is CC(NC(=O)N1CCC2(CCn3nc(-c4cnc(N)c(C(F)(F)F)c4)cc32)C1)c1cncn1C. The van der Waals surface area contributed by atoms with Crippen LogP contribution in [0.2, 0.25) is 0 Å². The van der Waals surface area contributed by atoms with Gasteiger partial charge in [0.1, 0.15) is 5.82 Å². The third kappa shape index (κ3) is 3.66. The van der Waals surface area contributed by atoms with Crippen LogP contribution in [0.4, 0.5) is 23.8 Å². The van der Waals surface area contributed by atoms with E-state index in [1.54, 1.807) is 17.4 Å². The number of nitrogens with one attached hydrogen (secondary N) is 1. The number of hydrogen-bond donors (Lipinski definition) is 2. The molecule has 3 N–H and O–H groups in total. The smallest absolute Gasteiger partial charge is 0.383 e. The van der Waals surface area contributed by atoms with Crippen molar-refractivity contribution in [3.63, 3.8) is 0 Å². The molecule has 2 aliphatic rings. The number of alkyl halides is 3. The fourth-order valence-corrected chi connectivity index (χ4v) is 5.04. The van der Waals surface area contributed by atoms with Crippen LogP contribution in [0.15, 0.2) is 30.9 Å². The van der Waals surface area contributed by atoms with Crippen LogP contribution in [0.3, 0.4) is 0 Å². The molecule has 2 atom stereocenters. The Balaban J connectivity index is 1.35. The lowest BCUT2D eigenvalue weighted by molar-refractivity contribution is -0.137. The molecule has 2 unspecified atom stereocenters. The van der Waals surface area contributed by atoms with Crippen molar-refractivity contribution in [1.29, 1.82) is 0 Å². The van der Waals surface area contributed by atoms with E-state index in [1.165, 1.54) is 6.20 Å². The maximum absolute atomic E-state index is 13.3. The Morgan fingerprint density at radius 1 is 1.24 bits per heavy atom. The maximum Gasteiger partial charge on any atom is 0.419 e. The first-order chi connectivity index (χ1) is 16.1. The highest BCUT2D eigenvalue weighted by Crippen LogP contribution is 2.44. The minimum absolute atomic E-state index is 0.152. The normalized spacial score (nSPS) is 20.7. The first kappa shape index (κ1) is 22.2. The van der Waals surface area contributed by atoms with E-state index < -0.39 is 17.6 Å². The molecule has 2 amide bonds. The van der Waals surface area contributed by atoms with Crippen molar-refractivity contribution in [2.24, 2.45) is 7.05 Å². The maximum atomic E-state index is 13.3. The highest BCUT2D eigenvalue weighted by molar-refractivity contribution is 5.75.